The largest absolute Gasteiger partial charge is 0.489 e. The molecule has 2 rings (SSSR count). The summed E-state index contributed by atoms with van der Waals surface area (Å²) in [5.41, 5.74) is 9.73. The molecule has 0 aliphatic rings. The number of hydrogen-bond donors (Lipinski definition) is 1. The number of nitrogens with two attached hydrogens (primary N) is 1. The Morgan fingerprint density at radius 1 is 1.00 bits per heavy atom. The van der Waals surface area contributed by atoms with Gasteiger partial charge in [-0.2, -0.15) is 0 Å². The normalized spacial score (nSPS) is 10.5. The van der Waals surface area contributed by atoms with E-state index in [1.54, 1.807) is 6.07 Å². The maximum absolute atomic E-state index is 13.1. The van der Waals surface area contributed by atoms with Crippen molar-refractivity contribution < 1.29 is 9.13 Å². The van der Waals surface area contributed by atoms with Crippen molar-refractivity contribution in [3.05, 3.63) is 64.5 Å². The van der Waals surface area contributed by atoms with E-state index in [0.29, 0.717) is 13.2 Å². The van der Waals surface area contributed by atoms with Gasteiger partial charge >= 0.3 is 0 Å². The maximum atomic E-state index is 13.1. The summed E-state index contributed by atoms with van der Waals surface area (Å²) in [6.07, 6.45) is 0. The van der Waals surface area contributed by atoms with Crippen LogP contribution in [0.3, 0.4) is 0 Å². The molecule has 0 aliphatic heterocycles. The minimum atomic E-state index is -0.268. The molecule has 2 nitrogen and oxygen atoms in total. The Morgan fingerprint density at radius 2 is 1.79 bits per heavy atom. The van der Waals surface area contributed by atoms with Crippen LogP contribution in [0.15, 0.2) is 36.4 Å². The van der Waals surface area contributed by atoms with Gasteiger partial charge in [0.25, 0.3) is 0 Å². The zero-order chi connectivity index (χ0) is 13.8. The molecule has 0 atom stereocenters. The van der Waals surface area contributed by atoms with Crippen LogP contribution in [0.1, 0.15) is 22.3 Å². The fourth-order valence-electron chi connectivity index (χ4n) is 1.89. The van der Waals surface area contributed by atoms with Crippen LogP contribution in [-0.2, 0) is 13.2 Å². The van der Waals surface area contributed by atoms with Gasteiger partial charge in [-0.05, 0) is 60.4 Å². The van der Waals surface area contributed by atoms with Gasteiger partial charge in [0.2, 0.25) is 0 Å². The zero-order valence-corrected chi connectivity index (χ0v) is 11.2. The molecule has 0 spiro atoms. The highest BCUT2D eigenvalue weighted by atomic mass is 19.1. The van der Waals surface area contributed by atoms with Gasteiger partial charge in [0.15, 0.2) is 0 Å². The fourth-order valence-corrected chi connectivity index (χ4v) is 1.89. The second kappa shape index (κ2) is 5.85. The molecule has 0 bridgehead atoms. The van der Waals surface area contributed by atoms with Gasteiger partial charge in [-0.1, -0.05) is 12.1 Å². The third-order valence-corrected chi connectivity index (χ3v) is 3.26. The molecule has 19 heavy (non-hydrogen) atoms. The van der Waals surface area contributed by atoms with E-state index < -0.39 is 0 Å². The van der Waals surface area contributed by atoms with Crippen LogP contribution in [0.5, 0.6) is 5.75 Å². The van der Waals surface area contributed by atoms with Gasteiger partial charge in [0.1, 0.15) is 18.2 Å². The summed E-state index contributed by atoms with van der Waals surface area (Å²) in [6, 6.07) is 10.6. The standard InChI is InChI=1S/C16H18FNO/c1-11-3-6-16(7-12(11)2)19-10-13-4-5-15(17)8-14(13)9-18/h3-8H,9-10,18H2,1-2H3. The van der Waals surface area contributed by atoms with Crippen molar-refractivity contribution in [2.75, 3.05) is 0 Å². The highest BCUT2D eigenvalue weighted by molar-refractivity contribution is 5.34. The number of rotatable bonds is 4. The molecule has 0 saturated heterocycles. The lowest BCUT2D eigenvalue weighted by atomic mass is 10.1. The first-order valence-electron chi connectivity index (χ1n) is 6.27. The Hall–Kier alpha value is -1.87. The summed E-state index contributed by atoms with van der Waals surface area (Å²) in [4.78, 5) is 0. The van der Waals surface area contributed by atoms with Gasteiger partial charge < -0.3 is 10.5 Å². The quantitative estimate of drug-likeness (QED) is 0.912. The van der Waals surface area contributed by atoms with Gasteiger partial charge in [-0.25, -0.2) is 4.39 Å². The smallest absolute Gasteiger partial charge is 0.123 e. The number of hydrogen-bond acceptors (Lipinski definition) is 2. The van der Waals surface area contributed by atoms with E-state index in [4.69, 9.17) is 10.5 Å². The van der Waals surface area contributed by atoms with E-state index in [1.165, 1.54) is 23.3 Å². The number of benzene rings is 2. The van der Waals surface area contributed by atoms with Crippen molar-refractivity contribution in [2.24, 2.45) is 5.73 Å². The Morgan fingerprint density at radius 3 is 2.47 bits per heavy atom. The van der Waals surface area contributed by atoms with Crippen molar-refractivity contribution in [3.8, 4) is 5.75 Å². The van der Waals surface area contributed by atoms with E-state index >= 15 is 0 Å². The molecular weight excluding hydrogens is 241 g/mol. The van der Waals surface area contributed by atoms with E-state index in [9.17, 15) is 4.39 Å². The van der Waals surface area contributed by atoms with Gasteiger partial charge in [0, 0.05) is 6.54 Å². The predicted molar refractivity (Wildman–Crippen MR) is 74.5 cm³/mol. The first kappa shape index (κ1) is 13.6. The molecule has 3 heteroatoms. The third-order valence-electron chi connectivity index (χ3n) is 3.26. The second-order valence-electron chi connectivity index (χ2n) is 4.65. The molecule has 2 N–H and O–H groups in total. The Labute approximate surface area is 113 Å². The van der Waals surface area contributed by atoms with Crippen LogP contribution in [0.2, 0.25) is 0 Å². The molecule has 0 saturated carbocycles. The zero-order valence-electron chi connectivity index (χ0n) is 11.2. The highest BCUT2D eigenvalue weighted by Crippen LogP contribution is 2.19. The highest BCUT2D eigenvalue weighted by Gasteiger charge is 2.04. The van der Waals surface area contributed by atoms with Crippen molar-refractivity contribution in [3.63, 3.8) is 0 Å². The summed E-state index contributed by atoms with van der Waals surface area (Å²) in [5, 5.41) is 0. The number of aryl methyl sites for hydroxylation is 2. The minimum Gasteiger partial charge on any atom is -0.489 e. The molecule has 0 unspecified atom stereocenters. The van der Waals surface area contributed by atoms with Gasteiger partial charge in [-0.15, -0.1) is 0 Å². The summed E-state index contributed by atoms with van der Waals surface area (Å²) in [6.45, 7) is 4.82. The molecule has 0 amide bonds. The van der Waals surface area contributed by atoms with Crippen LogP contribution in [0.4, 0.5) is 4.39 Å². The Balaban J connectivity index is 2.12. The van der Waals surface area contributed by atoms with Crippen molar-refractivity contribution in [1.82, 2.24) is 0 Å². The van der Waals surface area contributed by atoms with E-state index in [1.807, 2.05) is 25.1 Å². The van der Waals surface area contributed by atoms with Crippen LogP contribution in [0, 0.1) is 19.7 Å². The second-order valence-corrected chi connectivity index (χ2v) is 4.65. The number of ether oxygens (including phenoxy) is 1. The van der Waals surface area contributed by atoms with E-state index in [2.05, 4.69) is 6.92 Å². The monoisotopic (exact) mass is 259 g/mol. The molecule has 0 fully saturated rings. The minimum absolute atomic E-state index is 0.268. The molecule has 0 aliphatic carbocycles. The maximum Gasteiger partial charge on any atom is 0.123 e. The summed E-state index contributed by atoms with van der Waals surface area (Å²) in [7, 11) is 0. The van der Waals surface area contributed by atoms with Crippen LogP contribution >= 0.6 is 0 Å². The lowest BCUT2D eigenvalue weighted by molar-refractivity contribution is 0.304. The first-order valence-corrected chi connectivity index (χ1v) is 6.27. The average molecular weight is 259 g/mol. The summed E-state index contributed by atoms with van der Waals surface area (Å²) in [5.74, 6) is 0.547. The van der Waals surface area contributed by atoms with E-state index in [-0.39, 0.29) is 5.82 Å². The molecule has 0 heterocycles. The summed E-state index contributed by atoms with van der Waals surface area (Å²) >= 11 is 0. The lowest BCUT2D eigenvalue weighted by Gasteiger charge is -2.11. The van der Waals surface area contributed by atoms with Crippen LogP contribution < -0.4 is 10.5 Å². The third kappa shape index (κ3) is 3.32. The van der Waals surface area contributed by atoms with E-state index in [0.717, 1.165) is 16.9 Å². The topological polar surface area (TPSA) is 35.2 Å². The Kier molecular flexibility index (Phi) is 4.17. The van der Waals surface area contributed by atoms with Crippen molar-refractivity contribution >= 4 is 0 Å². The molecule has 2 aromatic rings. The first-order chi connectivity index (χ1) is 9.10. The molecule has 2 aromatic carbocycles. The van der Waals surface area contributed by atoms with Gasteiger partial charge in [0.05, 0.1) is 0 Å². The SMILES string of the molecule is Cc1ccc(OCc2ccc(F)cc2CN)cc1C. The molecule has 0 aromatic heterocycles. The van der Waals surface area contributed by atoms with Crippen LogP contribution in [0.25, 0.3) is 0 Å². The lowest BCUT2D eigenvalue weighted by Crippen LogP contribution is -2.05. The Bertz CT molecular complexity index is 581. The van der Waals surface area contributed by atoms with Crippen molar-refractivity contribution in [2.45, 2.75) is 27.0 Å². The van der Waals surface area contributed by atoms with Gasteiger partial charge in [-0.3, -0.25) is 0 Å². The fraction of sp³-hybridized carbons (Fsp3) is 0.250. The van der Waals surface area contributed by atoms with Crippen LogP contribution in [-0.4, -0.2) is 0 Å². The number of halogens is 1. The average Bonchev–Trinajstić information content (AvgIpc) is 2.41. The molecular formula is C16H18FNO. The molecule has 100 valence electrons. The molecule has 0 radical (unpaired) electrons. The summed E-state index contributed by atoms with van der Waals surface area (Å²) < 4.78 is 18.8. The van der Waals surface area contributed by atoms with Crippen molar-refractivity contribution in [1.29, 1.82) is 0 Å². The predicted octanol–water partition coefficient (Wildman–Crippen LogP) is 3.48.